The van der Waals surface area contributed by atoms with Gasteiger partial charge in [-0.05, 0) is 45.1 Å². The van der Waals surface area contributed by atoms with E-state index in [1.165, 1.54) is 11.3 Å². The Morgan fingerprint density at radius 2 is 2.12 bits per heavy atom. The Morgan fingerprint density at radius 1 is 1.36 bits per heavy atom. The van der Waals surface area contributed by atoms with Crippen molar-refractivity contribution in [2.75, 3.05) is 11.9 Å². The van der Waals surface area contributed by atoms with Crippen LogP contribution >= 0.6 is 22.9 Å². The van der Waals surface area contributed by atoms with E-state index < -0.39 is 5.91 Å². The first kappa shape index (κ1) is 17.9. The fourth-order valence-corrected chi connectivity index (χ4v) is 4.46. The van der Waals surface area contributed by atoms with Crippen LogP contribution in [0, 0.1) is 0 Å². The van der Waals surface area contributed by atoms with Gasteiger partial charge in [-0.15, -0.1) is 11.3 Å². The molecule has 0 fully saturated rings. The van der Waals surface area contributed by atoms with E-state index in [4.69, 9.17) is 16.3 Å². The molecule has 25 heavy (non-hydrogen) atoms. The van der Waals surface area contributed by atoms with Gasteiger partial charge in [0.15, 0.2) is 5.69 Å². The summed E-state index contributed by atoms with van der Waals surface area (Å²) in [7, 11) is 0. The fourth-order valence-electron chi connectivity index (χ4n) is 2.95. The van der Waals surface area contributed by atoms with Crippen LogP contribution in [-0.2, 0) is 24.1 Å². The third kappa shape index (κ3) is 3.57. The quantitative estimate of drug-likeness (QED) is 0.796. The smallest absolute Gasteiger partial charge is 0.341 e. The largest absolute Gasteiger partial charge is 0.462 e. The van der Waals surface area contributed by atoms with Crippen LogP contribution in [0.3, 0.4) is 0 Å². The van der Waals surface area contributed by atoms with Gasteiger partial charge in [-0.1, -0.05) is 11.6 Å². The van der Waals surface area contributed by atoms with Crippen LogP contribution in [0.5, 0.6) is 0 Å². The lowest BCUT2D eigenvalue weighted by atomic mass is 9.95. The summed E-state index contributed by atoms with van der Waals surface area (Å²) >= 11 is 7.55. The number of thiophene rings is 1. The first-order valence-electron chi connectivity index (χ1n) is 8.41. The van der Waals surface area contributed by atoms with E-state index in [1.54, 1.807) is 17.8 Å². The number of rotatable bonds is 5. The number of anilines is 1. The number of ether oxygens (including phenoxy) is 1. The summed E-state index contributed by atoms with van der Waals surface area (Å²) in [6.07, 6.45) is 5.50. The predicted molar refractivity (Wildman–Crippen MR) is 97.8 cm³/mol. The lowest BCUT2D eigenvalue weighted by molar-refractivity contribution is 0.0526. The topological polar surface area (TPSA) is 73.2 Å². The molecule has 1 aliphatic rings. The van der Waals surface area contributed by atoms with Gasteiger partial charge in [0, 0.05) is 17.6 Å². The predicted octanol–water partition coefficient (Wildman–Crippen LogP) is 3.93. The van der Waals surface area contributed by atoms with Gasteiger partial charge in [0.1, 0.15) is 5.00 Å². The van der Waals surface area contributed by atoms with Crippen LogP contribution in [0.15, 0.2) is 6.20 Å². The second-order valence-electron chi connectivity index (χ2n) is 5.77. The summed E-state index contributed by atoms with van der Waals surface area (Å²) in [6.45, 7) is 4.60. The van der Waals surface area contributed by atoms with Gasteiger partial charge in [-0.2, -0.15) is 5.10 Å². The number of halogens is 1. The van der Waals surface area contributed by atoms with Gasteiger partial charge >= 0.3 is 5.97 Å². The number of esters is 1. The van der Waals surface area contributed by atoms with Crippen molar-refractivity contribution < 1.29 is 14.3 Å². The molecule has 2 heterocycles. The molecule has 8 heteroatoms. The van der Waals surface area contributed by atoms with Crippen LogP contribution in [0.1, 0.15) is 58.0 Å². The molecule has 0 radical (unpaired) electrons. The molecule has 0 aromatic carbocycles. The average Bonchev–Trinajstić information content (AvgIpc) is 3.14. The van der Waals surface area contributed by atoms with Crippen molar-refractivity contribution in [1.29, 1.82) is 0 Å². The maximum Gasteiger partial charge on any atom is 0.341 e. The molecule has 0 atom stereocenters. The summed E-state index contributed by atoms with van der Waals surface area (Å²) in [4.78, 5) is 26.2. The lowest BCUT2D eigenvalue weighted by Gasteiger charge is -2.12. The molecule has 3 rings (SSSR count). The Balaban J connectivity index is 1.93. The highest BCUT2D eigenvalue weighted by Gasteiger charge is 2.28. The highest BCUT2D eigenvalue weighted by atomic mass is 35.5. The lowest BCUT2D eigenvalue weighted by Crippen LogP contribution is -2.16. The van der Waals surface area contributed by atoms with E-state index >= 15 is 0 Å². The standard InChI is InChI=1S/C17H20ClN3O3S/c1-3-21-9-11(18)14(20-21)15(22)19-16-13(17(23)24-4-2)10-7-5-6-8-12(10)25-16/h9H,3-8H2,1-2H3,(H,19,22). The number of aryl methyl sites for hydroxylation is 2. The van der Waals surface area contributed by atoms with Gasteiger partial charge in [-0.3, -0.25) is 9.48 Å². The van der Waals surface area contributed by atoms with Gasteiger partial charge < -0.3 is 10.1 Å². The van der Waals surface area contributed by atoms with Crippen molar-refractivity contribution >= 4 is 39.8 Å². The van der Waals surface area contributed by atoms with E-state index in [-0.39, 0.29) is 11.7 Å². The number of aromatic nitrogens is 2. The number of nitrogens with zero attached hydrogens (tertiary/aromatic N) is 2. The second kappa shape index (κ2) is 7.58. The van der Waals surface area contributed by atoms with Gasteiger partial charge in [0.25, 0.3) is 5.91 Å². The van der Waals surface area contributed by atoms with E-state index in [1.807, 2.05) is 6.92 Å². The second-order valence-corrected chi connectivity index (χ2v) is 7.28. The first-order valence-corrected chi connectivity index (χ1v) is 9.60. The molecule has 0 unspecified atom stereocenters. The van der Waals surface area contributed by atoms with Crippen molar-refractivity contribution in [2.45, 2.75) is 46.1 Å². The number of hydrogen-bond donors (Lipinski definition) is 1. The molecule has 0 saturated heterocycles. The van der Waals surface area contributed by atoms with Crippen molar-refractivity contribution in [1.82, 2.24) is 9.78 Å². The Hall–Kier alpha value is -1.86. The van der Waals surface area contributed by atoms with Crippen LogP contribution in [-0.4, -0.2) is 28.3 Å². The van der Waals surface area contributed by atoms with Crippen LogP contribution in [0.4, 0.5) is 5.00 Å². The molecule has 0 saturated carbocycles. The molecule has 6 nitrogen and oxygen atoms in total. The Kier molecular flexibility index (Phi) is 5.44. The van der Waals surface area contributed by atoms with Crippen LogP contribution in [0.25, 0.3) is 0 Å². The van der Waals surface area contributed by atoms with E-state index in [0.717, 1.165) is 36.1 Å². The zero-order valence-electron chi connectivity index (χ0n) is 14.2. The number of nitrogens with one attached hydrogen (secondary N) is 1. The summed E-state index contributed by atoms with van der Waals surface area (Å²) in [6, 6.07) is 0. The van der Waals surface area contributed by atoms with Crippen molar-refractivity contribution in [3.63, 3.8) is 0 Å². The Bertz CT molecular complexity index is 812. The van der Waals surface area contributed by atoms with Crippen LogP contribution in [0.2, 0.25) is 5.02 Å². The van der Waals surface area contributed by atoms with Crippen molar-refractivity contribution in [3.8, 4) is 0 Å². The third-order valence-electron chi connectivity index (χ3n) is 4.13. The van der Waals surface area contributed by atoms with Crippen molar-refractivity contribution in [3.05, 3.63) is 32.9 Å². The van der Waals surface area contributed by atoms with Crippen molar-refractivity contribution in [2.24, 2.45) is 0 Å². The minimum absolute atomic E-state index is 0.157. The molecular formula is C17H20ClN3O3S. The zero-order chi connectivity index (χ0) is 18.0. The first-order chi connectivity index (χ1) is 12.0. The number of fused-ring (bicyclic) bond motifs is 1. The monoisotopic (exact) mass is 381 g/mol. The minimum Gasteiger partial charge on any atom is -0.462 e. The van der Waals surface area contributed by atoms with E-state index in [9.17, 15) is 9.59 Å². The van der Waals surface area contributed by atoms with Gasteiger partial charge in [0.2, 0.25) is 0 Å². The molecular weight excluding hydrogens is 362 g/mol. The number of carbonyl (C=O) groups is 2. The van der Waals surface area contributed by atoms with Gasteiger partial charge in [0.05, 0.1) is 17.2 Å². The molecule has 0 bridgehead atoms. The molecule has 0 aliphatic heterocycles. The summed E-state index contributed by atoms with van der Waals surface area (Å²) < 4.78 is 6.80. The summed E-state index contributed by atoms with van der Waals surface area (Å²) in [5.74, 6) is -0.802. The van der Waals surface area contributed by atoms with Gasteiger partial charge in [-0.25, -0.2) is 4.79 Å². The fraction of sp³-hybridized carbons (Fsp3) is 0.471. The molecule has 1 amide bonds. The van der Waals surface area contributed by atoms with E-state index in [0.29, 0.717) is 28.7 Å². The molecule has 2 aromatic rings. The highest BCUT2D eigenvalue weighted by molar-refractivity contribution is 7.17. The summed E-state index contributed by atoms with van der Waals surface area (Å²) in [5.41, 5.74) is 1.65. The molecule has 0 spiro atoms. The number of amides is 1. The molecule has 2 aromatic heterocycles. The highest BCUT2D eigenvalue weighted by Crippen LogP contribution is 2.39. The Labute approximate surface area is 155 Å². The van der Waals surface area contributed by atoms with E-state index in [2.05, 4.69) is 10.4 Å². The normalized spacial score (nSPS) is 13.4. The Morgan fingerprint density at radius 3 is 2.80 bits per heavy atom. The minimum atomic E-state index is -0.415. The zero-order valence-corrected chi connectivity index (χ0v) is 15.8. The number of carbonyl (C=O) groups excluding carboxylic acids is 2. The van der Waals surface area contributed by atoms with Crippen LogP contribution < -0.4 is 5.32 Å². The number of hydrogen-bond acceptors (Lipinski definition) is 5. The SMILES string of the molecule is CCOC(=O)c1c(NC(=O)c2nn(CC)cc2Cl)sc2c1CCCC2. The average molecular weight is 382 g/mol. The molecule has 1 aliphatic carbocycles. The molecule has 1 N–H and O–H groups in total. The maximum atomic E-state index is 12.6. The summed E-state index contributed by atoms with van der Waals surface area (Å²) in [5, 5.41) is 7.81. The maximum absolute atomic E-state index is 12.6. The molecule has 134 valence electrons. The third-order valence-corrected chi connectivity index (χ3v) is 5.62.